The average molecular weight is 381 g/mol. The Hall–Kier alpha value is -2.89. The predicted octanol–water partition coefficient (Wildman–Crippen LogP) is 4.01. The van der Waals surface area contributed by atoms with Crippen molar-refractivity contribution in [2.45, 2.75) is 51.5 Å². The van der Waals surface area contributed by atoms with Crippen LogP contribution in [0.5, 0.6) is 0 Å². The lowest BCUT2D eigenvalue weighted by atomic mass is 9.85. The standard InChI is InChI=1S/C22H27N3O3/c1-21(2,3)17-15-18(24-28-17)23-20(27)22(4)13-14-25(22)19(26)12-8-11-16-9-6-5-7-10-16/h5-11,15H,12-14H2,1-4H3,(H,23,24,27)/b11-8+. The highest BCUT2D eigenvalue weighted by Crippen LogP contribution is 2.33. The molecule has 0 saturated carbocycles. The maximum atomic E-state index is 12.8. The molecule has 1 unspecified atom stereocenters. The van der Waals surface area contributed by atoms with Gasteiger partial charge in [-0.2, -0.15) is 0 Å². The van der Waals surface area contributed by atoms with E-state index in [2.05, 4.69) is 10.5 Å². The third kappa shape index (κ3) is 4.16. The second-order valence-electron chi connectivity index (χ2n) is 8.37. The third-order valence-electron chi connectivity index (χ3n) is 5.10. The first-order valence-electron chi connectivity index (χ1n) is 9.51. The first kappa shape index (κ1) is 19.9. The van der Waals surface area contributed by atoms with Gasteiger partial charge in [0.2, 0.25) is 5.91 Å². The zero-order valence-corrected chi connectivity index (χ0v) is 16.9. The minimum Gasteiger partial charge on any atom is -0.359 e. The van der Waals surface area contributed by atoms with Gasteiger partial charge in [0.15, 0.2) is 5.82 Å². The Morgan fingerprint density at radius 1 is 1.29 bits per heavy atom. The summed E-state index contributed by atoms with van der Waals surface area (Å²) in [5, 5.41) is 6.71. The number of benzene rings is 1. The molecule has 2 amide bonds. The summed E-state index contributed by atoms with van der Waals surface area (Å²) in [7, 11) is 0. The summed E-state index contributed by atoms with van der Waals surface area (Å²) in [6.45, 7) is 8.39. The number of likely N-dealkylation sites (tertiary alicyclic amines) is 1. The van der Waals surface area contributed by atoms with Crippen LogP contribution in [0.1, 0.15) is 51.9 Å². The van der Waals surface area contributed by atoms with E-state index in [9.17, 15) is 9.59 Å². The molecule has 1 aliphatic heterocycles. The van der Waals surface area contributed by atoms with Gasteiger partial charge in [-0.15, -0.1) is 0 Å². The lowest BCUT2D eigenvalue weighted by molar-refractivity contribution is -0.154. The molecular formula is C22H27N3O3. The summed E-state index contributed by atoms with van der Waals surface area (Å²) in [4.78, 5) is 27.0. The van der Waals surface area contributed by atoms with E-state index in [-0.39, 0.29) is 23.7 Å². The number of hydrogen-bond acceptors (Lipinski definition) is 4. The Balaban J connectivity index is 1.60. The summed E-state index contributed by atoms with van der Waals surface area (Å²) in [6.07, 6.45) is 4.63. The second kappa shape index (κ2) is 7.62. The highest BCUT2D eigenvalue weighted by molar-refractivity contribution is 6.01. The molecule has 1 N–H and O–H groups in total. The first-order chi connectivity index (χ1) is 13.2. The van der Waals surface area contributed by atoms with E-state index in [0.29, 0.717) is 24.5 Å². The summed E-state index contributed by atoms with van der Waals surface area (Å²) < 4.78 is 5.31. The first-order valence-corrected chi connectivity index (χ1v) is 9.51. The van der Waals surface area contributed by atoms with E-state index >= 15 is 0 Å². The Labute approximate surface area is 165 Å². The van der Waals surface area contributed by atoms with Crippen LogP contribution in [-0.2, 0) is 15.0 Å². The highest BCUT2D eigenvalue weighted by Gasteiger charge is 2.49. The average Bonchev–Trinajstić information content (AvgIpc) is 3.10. The molecule has 1 atom stereocenters. The molecule has 1 aromatic heterocycles. The highest BCUT2D eigenvalue weighted by atomic mass is 16.5. The van der Waals surface area contributed by atoms with Crippen molar-refractivity contribution in [3.8, 4) is 0 Å². The molecule has 1 fully saturated rings. The lowest BCUT2D eigenvalue weighted by Crippen LogP contribution is -2.66. The second-order valence-corrected chi connectivity index (χ2v) is 8.37. The number of anilines is 1. The molecule has 6 nitrogen and oxygen atoms in total. The van der Waals surface area contributed by atoms with Gasteiger partial charge in [0, 0.05) is 24.4 Å². The van der Waals surface area contributed by atoms with E-state index in [4.69, 9.17) is 4.52 Å². The van der Waals surface area contributed by atoms with Crippen molar-refractivity contribution in [3.05, 3.63) is 53.8 Å². The molecule has 0 radical (unpaired) electrons. The number of aromatic nitrogens is 1. The fourth-order valence-electron chi connectivity index (χ4n) is 3.10. The number of rotatable bonds is 5. The molecule has 6 heteroatoms. The molecule has 3 rings (SSSR count). The molecule has 148 valence electrons. The van der Waals surface area contributed by atoms with E-state index in [1.807, 2.05) is 63.3 Å². The van der Waals surface area contributed by atoms with Crippen LogP contribution < -0.4 is 5.32 Å². The van der Waals surface area contributed by atoms with Crippen molar-refractivity contribution in [1.29, 1.82) is 0 Å². The van der Waals surface area contributed by atoms with Crippen molar-refractivity contribution < 1.29 is 14.1 Å². The molecule has 0 bridgehead atoms. The Morgan fingerprint density at radius 3 is 2.57 bits per heavy atom. The van der Waals surface area contributed by atoms with Crippen molar-refractivity contribution in [2.75, 3.05) is 11.9 Å². The smallest absolute Gasteiger partial charge is 0.251 e. The molecular weight excluding hydrogens is 354 g/mol. The van der Waals surface area contributed by atoms with Crippen molar-refractivity contribution in [2.24, 2.45) is 0 Å². The third-order valence-corrected chi connectivity index (χ3v) is 5.10. The van der Waals surface area contributed by atoms with Crippen LogP contribution in [0.15, 0.2) is 47.0 Å². The minimum absolute atomic E-state index is 0.0633. The number of nitrogens with zero attached hydrogens (tertiary/aromatic N) is 2. The van der Waals surface area contributed by atoms with Crippen LogP contribution in [0.2, 0.25) is 0 Å². The minimum atomic E-state index is -0.863. The molecule has 1 aromatic carbocycles. The Bertz CT molecular complexity index is 880. The Morgan fingerprint density at radius 2 is 2.00 bits per heavy atom. The van der Waals surface area contributed by atoms with Crippen molar-refractivity contribution >= 4 is 23.7 Å². The number of amides is 2. The van der Waals surface area contributed by atoms with Gasteiger partial charge in [0.1, 0.15) is 11.3 Å². The largest absolute Gasteiger partial charge is 0.359 e. The van der Waals surface area contributed by atoms with Gasteiger partial charge in [0.05, 0.1) is 0 Å². The van der Waals surface area contributed by atoms with Crippen LogP contribution in [0.3, 0.4) is 0 Å². The van der Waals surface area contributed by atoms with Gasteiger partial charge in [-0.3, -0.25) is 9.59 Å². The zero-order chi connectivity index (χ0) is 20.4. The normalized spacial score (nSPS) is 19.5. The molecule has 2 heterocycles. The lowest BCUT2D eigenvalue weighted by Gasteiger charge is -2.48. The van der Waals surface area contributed by atoms with Gasteiger partial charge in [-0.05, 0) is 18.9 Å². The van der Waals surface area contributed by atoms with Crippen LogP contribution in [0.25, 0.3) is 6.08 Å². The topological polar surface area (TPSA) is 75.4 Å². The molecule has 1 aliphatic rings. The molecule has 2 aromatic rings. The fraction of sp³-hybridized carbons (Fsp3) is 0.409. The van der Waals surface area contributed by atoms with Crippen LogP contribution in [0.4, 0.5) is 5.82 Å². The molecule has 0 aliphatic carbocycles. The summed E-state index contributed by atoms with van der Waals surface area (Å²) in [6, 6.07) is 11.5. The van der Waals surface area contributed by atoms with Gasteiger partial charge in [-0.25, -0.2) is 0 Å². The molecule has 1 saturated heterocycles. The number of carbonyl (C=O) groups excluding carboxylic acids is 2. The maximum absolute atomic E-state index is 12.8. The van der Waals surface area contributed by atoms with E-state index in [0.717, 1.165) is 5.56 Å². The van der Waals surface area contributed by atoms with Crippen LogP contribution in [-0.4, -0.2) is 34.0 Å². The predicted molar refractivity (Wildman–Crippen MR) is 109 cm³/mol. The zero-order valence-electron chi connectivity index (χ0n) is 16.9. The SMILES string of the molecule is CC(C)(C)c1cc(NC(=O)C2(C)CCN2C(=O)C/C=C/c2ccccc2)no1. The van der Waals surface area contributed by atoms with E-state index < -0.39 is 5.54 Å². The quantitative estimate of drug-likeness (QED) is 0.849. The number of carbonyl (C=O) groups is 2. The van der Waals surface area contributed by atoms with Crippen LogP contribution >= 0.6 is 0 Å². The maximum Gasteiger partial charge on any atom is 0.251 e. The number of hydrogen-bond donors (Lipinski definition) is 1. The van der Waals surface area contributed by atoms with E-state index in [1.165, 1.54) is 0 Å². The van der Waals surface area contributed by atoms with Gasteiger partial charge < -0.3 is 14.7 Å². The van der Waals surface area contributed by atoms with Crippen LogP contribution in [0, 0.1) is 0 Å². The van der Waals surface area contributed by atoms with Gasteiger partial charge >= 0.3 is 0 Å². The van der Waals surface area contributed by atoms with E-state index in [1.54, 1.807) is 17.9 Å². The summed E-state index contributed by atoms with van der Waals surface area (Å²) in [5.41, 5.74) is -0.0119. The summed E-state index contributed by atoms with van der Waals surface area (Å²) >= 11 is 0. The van der Waals surface area contributed by atoms with Crippen molar-refractivity contribution in [3.63, 3.8) is 0 Å². The molecule has 0 spiro atoms. The van der Waals surface area contributed by atoms with Gasteiger partial charge in [-0.1, -0.05) is 68.4 Å². The fourth-order valence-corrected chi connectivity index (χ4v) is 3.10. The molecule has 28 heavy (non-hydrogen) atoms. The van der Waals surface area contributed by atoms with Gasteiger partial charge in [0.25, 0.3) is 5.91 Å². The van der Waals surface area contributed by atoms with Crippen molar-refractivity contribution in [1.82, 2.24) is 10.1 Å². The Kier molecular flexibility index (Phi) is 5.40. The monoisotopic (exact) mass is 381 g/mol. The summed E-state index contributed by atoms with van der Waals surface area (Å²) in [5.74, 6) is 0.763. The number of nitrogens with one attached hydrogen (secondary N) is 1.